The second-order valence-corrected chi connectivity index (χ2v) is 5.86. The normalized spacial score (nSPS) is 11.9. The van der Waals surface area contributed by atoms with Crippen LogP contribution >= 0.6 is 0 Å². The topological polar surface area (TPSA) is 34.1 Å². The van der Waals surface area contributed by atoms with Crippen molar-refractivity contribution in [3.8, 4) is 5.88 Å². The first kappa shape index (κ1) is 16.8. The quantitative estimate of drug-likeness (QED) is 0.832. The second kappa shape index (κ2) is 7.53. The van der Waals surface area contributed by atoms with Gasteiger partial charge in [-0.1, -0.05) is 13.3 Å². The average molecular weight is 286 g/mol. The molecule has 114 valence electrons. The summed E-state index contributed by atoms with van der Waals surface area (Å²) in [4.78, 5) is 4.26. The summed E-state index contributed by atoms with van der Waals surface area (Å²) in [5, 5.41) is 3.37. The molecule has 0 unspecified atom stereocenters. The van der Waals surface area contributed by atoms with Gasteiger partial charge in [0.25, 0.3) is 6.43 Å². The number of rotatable bonds is 7. The Kier molecular flexibility index (Phi) is 6.33. The number of nitrogens with zero attached hydrogens (tertiary/aromatic N) is 1. The van der Waals surface area contributed by atoms with Crippen molar-refractivity contribution < 1.29 is 13.5 Å². The Morgan fingerprint density at radius 1 is 1.30 bits per heavy atom. The van der Waals surface area contributed by atoms with Crippen molar-refractivity contribution in [1.82, 2.24) is 10.3 Å². The number of aryl methyl sites for hydroxylation is 1. The number of ether oxygens (including phenoxy) is 1. The third-order valence-corrected chi connectivity index (χ3v) is 2.60. The first-order valence-electron chi connectivity index (χ1n) is 6.96. The number of hydrogen-bond donors (Lipinski definition) is 1. The summed E-state index contributed by atoms with van der Waals surface area (Å²) >= 11 is 0. The van der Waals surface area contributed by atoms with Gasteiger partial charge in [-0.3, -0.25) is 0 Å². The predicted molar refractivity (Wildman–Crippen MR) is 76.3 cm³/mol. The minimum absolute atomic E-state index is 0.00180. The first-order valence-corrected chi connectivity index (χ1v) is 6.96. The summed E-state index contributed by atoms with van der Waals surface area (Å²) in [6.45, 7) is 8.34. The maximum Gasteiger partial charge on any atom is 0.272 e. The van der Waals surface area contributed by atoms with E-state index < -0.39 is 13.0 Å². The number of halogens is 2. The Bertz CT molecular complexity index is 417. The Balaban J connectivity index is 2.81. The smallest absolute Gasteiger partial charge is 0.272 e. The Morgan fingerprint density at radius 2 is 2.00 bits per heavy atom. The Hall–Kier alpha value is -1.23. The molecule has 1 N–H and O–H groups in total. The summed E-state index contributed by atoms with van der Waals surface area (Å²) in [7, 11) is 0. The number of alkyl halides is 2. The molecule has 1 aromatic heterocycles. The second-order valence-electron chi connectivity index (χ2n) is 5.86. The van der Waals surface area contributed by atoms with Crippen LogP contribution in [0.5, 0.6) is 5.88 Å². The molecule has 0 amide bonds. The van der Waals surface area contributed by atoms with Crippen LogP contribution in [-0.2, 0) is 13.0 Å². The van der Waals surface area contributed by atoms with Crippen LogP contribution in [-0.4, -0.2) is 23.6 Å². The molecule has 3 nitrogen and oxygen atoms in total. The summed E-state index contributed by atoms with van der Waals surface area (Å²) in [6.07, 6.45) is -0.714. The summed E-state index contributed by atoms with van der Waals surface area (Å²) in [6, 6.07) is 3.72. The van der Waals surface area contributed by atoms with E-state index in [4.69, 9.17) is 4.74 Å². The largest absolute Gasteiger partial charge is 0.472 e. The lowest BCUT2D eigenvalue weighted by Crippen LogP contribution is -2.35. The van der Waals surface area contributed by atoms with Crippen LogP contribution in [0.15, 0.2) is 12.1 Å². The highest BCUT2D eigenvalue weighted by molar-refractivity contribution is 5.25. The summed E-state index contributed by atoms with van der Waals surface area (Å²) in [5.41, 5.74) is 1.88. The van der Waals surface area contributed by atoms with E-state index in [1.54, 1.807) is 6.07 Å². The molecule has 0 aliphatic rings. The molecule has 0 aliphatic carbocycles. The van der Waals surface area contributed by atoms with Crippen LogP contribution in [0.2, 0.25) is 0 Å². The van der Waals surface area contributed by atoms with Crippen LogP contribution in [0, 0.1) is 0 Å². The van der Waals surface area contributed by atoms with Crippen LogP contribution in [0.4, 0.5) is 8.78 Å². The zero-order valence-corrected chi connectivity index (χ0v) is 12.7. The monoisotopic (exact) mass is 286 g/mol. The van der Waals surface area contributed by atoms with Crippen molar-refractivity contribution >= 4 is 0 Å². The minimum atomic E-state index is -2.48. The van der Waals surface area contributed by atoms with Gasteiger partial charge in [-0.05, 0) is 38.8 Å². The fraction of sp³-hybridized carbons (Fsp3) is 0.667. The first-order chi connectivity index (χ1) is 9.30. The van der Waals surface area contributed by atoms with E-state index >= 15 is 0 Å². The van der Waals surface area contributed by atoms with Gasteiger partial charge in [0.2, 0.25) is 5.88 Å². The van der Waals surface area contributed by atoms with E-state index in [1.807, 2.05) is 6.07 Å². The molecule has 20 heavy (non-hydrogen) atoms. The number of aromatic nitrogens is 1. The molecule has 0 radical (unpaired) electrons. The maximum atomic E-state index is 12.2. The van der Waals surface area contributed by atoms with Crippen LogP contribution < -0.4 is 10.1 Å². The van der Waals surface area contributed by atoms with Gasteiger partial charge in [0, 0.05) is 23.8 Å². The fourth-order valence-electron chi connectivity index (χ4n) is 1.70. The third-order valence-electron chi connectivity index (χ3n) is 2.60. The van der Waals surface area contributed by atoms with Crippen molar-refractivity contribution in [1.29, 1.82) is 0 Å². The predicted octanol–water partition coefficient (Wildman–Crippen LogP) is 3.57. The molecular weight excluding hydrogens is 262 g/mol. The Morgan fingerprint density at radius 3 is 2.55 bits per heavy atom. The van der Waals surface area contributed by atoms with Gasteiger partial charge in [0.05, 0.1) is 0 Å². The fourth-order valence-corrected chi connectivity index (χ4v) is 1.70. The average Bonchev–Trinajstić information content (AvgIpc) is 2.33. The van der Waals surface area contributed by atoms with E-state index in [1.165, 1.54) is 0 Å². The summed E-state index contributed by atoms with van der Waals surface area (Å²) < 4.78 is 29.5. The van der Waals surface area contributed by atoms with Crippen molar-refractivity contribution in [2.45, 2.75) is 59.0 Å². The van der Waals surface area contributed by atoms with E-state index in [-0.39, 0.29) is 11.4 Å². The highest BCUT2D eigenvalue weighted by Gasteiger charge is 2.11. The highest BCUT2D eigenvalue weighted by Crippen LogP contribution is 2.16. The van der Waals surface area contributed by atoms with Gasteiger partial charge in [0.15, 0.2) is 6.61 Å². The SMILES string of the molecule is CCCc1cc(CNC(C)(C)C)cc(OCC(F)F)n1. The zero-order valence-electron chi connectivity index (χ0n) is 12.7. The van der Waals surface area contributed by atoms with Crippen molar-refractivity contribution in [3.63, 3.8) is 0 Å². The minimum Gasteiger partial charge on any atom is -0.472 e. The molecular formula is C15H24F2N2O. The molecule has 0 atom stereocenters. The van der Waals surface area contributed by atoms with E-state index in [0.29, 0.717) is 6.54 Å². The van der Waals surface area contributed by atoms with Gasteiger partial charge in [-0.2, -0.15) is 0 Å². The maximum absolute atomic E-state index is 12.2. The van der Waals surface area contributed by atoms with Crippen LogP contribution in [0.3, 0.4) is 0 Å². The summed E-state index contributed by atoms with van der Waals surface area (Å²) in [5.74, 6) is 0.280. The Labute approximate surface area is 119 Å². The molecule has 0 fully saturated rings. The van der Waals surface area contributed by atoms with E-state index in [9.17, 15) is 8.78 Å². The molecule has 0 spiro atoms. The molecule has 5 heteroatoms. The van der Waals surface area contributed by atoms with E-state index in [0.717, 1.165) is 24.1 Å². The van der Waals surface area contributed by atoms with Crippen molar-refractivity contribution in [2.75, 3.05) is 6.61 Å². The molecule has 0 aromatic carbocycles. The zero-order chi connectivity index (χ0) is 15.2. The lowest BCUT2D eigenvalue weighted by molar-refractivity contribution is 0.0794. The van der Waals surface area contributed by atoms with Gasteiger partial charge in [0.1, 0.15) is 0 Å². The highest BCUT2D eigenvalue weighted by atomic mass is 19.3. The molecule has 0 bridgehead atoms. The standard InChI is InChI=1S/C15H24F2N2O/c1-5-6-12-7-11(9-18-15(2,3)4)8-14(19-12)20-10-13(16)17/h7-8,13,18H,5-6,9-10H2,1-4H3. The van der Waals surface area contributed by atoms with Crippen molar-refractivity contribution in [2.24, 2.45) is 0 Å². The third kappa shape index (κ3) is 6.80. The van der Waals surface area contributed by atoms with Gasteiger partial charge in [-0.25, -0.2) is 13.8 Å². The van der Waals surface area contributed by atoms with Crippen molar-refractivity contribution in [3.05, 3.63) is 23.4 Å². The number of nitrogens with one attached hydrogen (secondary N) is 1. The van der Waals surface area contributed by atoms with Crippen LogP contribution in [0.1, 0.15) is 45.4 Å². The number of hydrogen-bond acceptors (Lipinski definition) is 3. The molecule has 0 saturated carbocycles. The molecule has 1 heterocycles. The van der Waals surface area contributed by atoms with Gasteiger partial charge in [-0.15, -0.1) is 0 Å². The lowest BCUT2D eigenvalue weighted by atomic mass is 10.1. The van der Waals surface area contributed by atoms with Gasteiger partial charge < -0.3 is 10.1 Å². The van der Waals surface area contributed by atoms with Crippen LogP contribution in [0.25, 0.3) is 0 Å². The molecule has 1 aromatic rings. The molecule has 1 rings (SSSR count). The molecule has 0 aliphatic heterocycles. The molecule has 0 saturated heterocycles. The lowest BCUT2D eigenvalue weighted by Gasteiger charge is -2.21. The van der Waals surface area contributed by atoms with E-state index in [2.05, 4.69) is 38.0 Å². The van der Waals surface area contributed by atoms with Gasteiger partial charge >= 0.3 is 0 Å². The number of pyridine rings is 1.